The first-order valence-corrected chi connectivity index (χ1v) is 9.53. The largest absolute Gasteiger partial charge is 0.493 e. The summed E-state index contributed by atoms with van der Waals surface area (Å²) in [6.07, 6.45) is 3.78. The maximum Gasteiger partial charge on any atom is 0.161 e. The van der Waals surface area contributed by atoms with E-state index in [0.29, 0.717) is 6.10 Å². The standard InChI is InChI=1S/C18H26N2O3S/c1-21-16-7-6-14(11-17(16)22-2)12-20(13-15-5-3-9-23-15)18-19-8-4-10-24-18/h6-7,11,15H,3-5,8-10,12-13H2,1-2H3. The van der Waals surface area contributed by atoms with E-state index in [2.05, 4.69) is 17.0 Å². The van der Waals surface area contributed by atoms with Crippen molar-refractivity contribution in [2.45, 2.75) is 31.9 Å². The molecule has 1 aromatic carbocycles. The summed E-state index contributed by atoms with van der Waals surface area (Å²) in [5.41, 5.74) is 1.19. The third kappa shape index (κ3) is 4.36. The molecule has 0 N–H and O–H groups in total. The molecule has 0 bridgehead atoms. The van der Waals surface area contributed by atoms with E-state index in [1.807, 2.05) is 17.8 Å². The summed E-state index contributed by atoms with van der Waals surface area (Å²) in [5, 5.41) is 1.14. The fourth-order valence-corrected chi connectivity index (χ4v) is 4.04. The van der Waals surface area contributed by atoms with Crippen molar-refractivity contribution < 1.29 is 14.2 Å². The van der Waals surface area contributed by atoms with E-state index in [4.69, 9.17) is 19.2 Å². The molecule has 24 heavy (non-hydrogen) atoms. The number of hydrogen-bond acceptors (Lipinski definition) is 6. The Balaban J connectivity index is 1.76. The second kappa shape index (κ2) is 8.62. The zero-order valence-corrected chi connectivity index (χ0v) is 15.3. The normalized spacial score (nSPS) is 20.6. The monoisotopic (exact) mass is 350 g/mol. The number of ether oxygens (including phenoxy) is 3. The molecule has 1 fully saturated rings. The summed E-state index contributed by atoms with van der Waals surface area (Å²) in [6.45, 7) is 3.52. The van der Waals surface area contributed by atoms with Gasteiger partial charge in [-0.1, -0.05) is 17.8 Å². The highest BCUT2D eigenvalue weighted by Crippen LogP contribution is 2.29. The van der Waals surface area contributed by atoms with E-state index < -0.39 is 0 Å². The van der Waals surface area contributed by atoms with E-state index in [1.165, 1.54) is 5.56 Å². The fourth-order valence-electron chi connectivity index (χ4n) is 3.08. The summed E-state index contributed by atoms with van der Waals surface area (Å²) in [4.78, 5) is 7.10. The second-order valence-corrected chi connectivity index (χ2v) is 7.13. The van der Waals surface area contributed by atoms with Crippen molar-refractivity contribution in [3.63, 3.8) is 0 Å². The molecule has 0 saturated carbocycles. The highest BCUT2D eigenvalue weighted by Gasteiger charge is 2.23. The predicted molar refractivity (Wildman–Crippen MR) is 98.3 cm³/mol. The highest BCUT2D eigenvalue weighted by molar-refractivity contribution is 8.13. The van der Waals surface area contributed by atoms with Crippen LogP contribution in [0.1, 0.15) is 24.8 Å². The number of benzene rings is 1. The summed E-state index contributed by atoms with van der Waals surface area (Å²) >= 11 is 1.86. The molecule has 0 spiro atoms. The van der Waals surface area contributed by atoms with Crippen LogP contribution in [0.3, 0.4) is 0 Å². The van der Waals surface area contributed by atoms with Crippen molar-refractivity contribution in [1.82, 2.24) is 4.90 Å². The summed E-state index contributed by atoms with van der Waals surface area (Å²) in [7, 11) is 3.33. The van der Waals surface area contributed by atoms with Gasteiger partial charge in [0.1, 0.15) is 0 Å². The Morgan fingerprint density at radius 2 is 2.12 bits per heavy atom. The molecule has 1 unspecified atom stereocenters. The van der Waals surface area contributed by atoms with Crippen LogP contribution in [0.15, 0.2) is 23.2 Å². The Morgan fingerprint density at radius 1 is 1.25 bits per heavy atom. The third-order valence-electron chi connectivity index (χ3n) is 4.32. The van der Waals surface area contributed by atoms with Crippen molar-refractivity contribution in [2.75, 3.05) is 39.7 Å². The molecule has 2 aliphatic heterocycles. The number of thioether (sulfide) groups is 1. The van der Waals surface area contributed by atoms with Crippen LogP contribution in [0, 0.1) is 0 Å². The van der Waals surface area contributed by atoms with Gasteiger partial charge in [-0.3, -0.25) is 4.99 Å². The molecule has 0 aliphatic carbocycles. The summed E-state index contributed by atoms with van der Waals surface area (Å²) in [5.74, 6) is 2.67. The number of nitrogens with zero attached hydrogens (tertiary/aromatic N) is 2. The van der Waals surface area contributed by atoms with E-state index in [0.717, 1.165) is 67.9 Å². The maximum absolute atomic E-state index is 5.84. The Hall–Kier alpha value is -1.40. The van der Waals surface area contributed by atoms with Gasteiger partial charge in [-0.2, -0.15) is 0 Å². The molecule has 1 aromatic rings. The summed E-state index contributed by atoms with van der Waals surface area (Å²) in [6, 6.07) is 6.11. The quantitative estimate of drug-likeness (QED) is 0.788. The van der Waals surface area contributed by atoms with E-state index >= 15 is 0 Å². The van der Waals surface area contributed by atoms with Crippen LogP contribution >= 0.6 is 11.8 Å². The lowest BCUT2D eigenvalue weighted by Crippen LogP contribution is -2.36. The zero-order valence-electron chi connectivity index (χ0n) is 14.5. The molecule has 2 heterocycles. The van der Waals surface area contributed by atoms with Gasteiger partial charge in [0.2, 0.25) is 0 Å². The smallest absolute Gasteiger partial charge is 0.161 e. The lowest BCUT2D eigenvalue weighted by Gasteiger charge is -2.30. The molecule has 0 aromatic heterocycles. The molecule has 3 rings (SSSR count). The molecule has 1 saturated heterocycles. The van der Waals surface area contributed by atoms with Gasteiger partial charge in [0.15, 0.2) is 16.7 Å². The van der Waals surface area contributed by atoms with Crippen LogP contribution in [-0.4, -0.2) is 55.8 Å². The van der Waals surface area contributed by atoms with Crippen LogP contribution < -0.4 is 9.47 Å². The van der Waals surface area contributed by atoms with E-state index in [9.17, 15) is 0 Å². The van der Waals surface area contributed by atoms with Gasteiger partial charge in [0.25, 0.3) is 0 Å². The Kier molecular flexibility index (Phi) is 6.26. The van der Waals surface area contributed by atoms with Crippen LogP contribution in [0.5, 0.6) is 11.5 Å². The Labute approximate surface area is 148 Å². The van der Waals surface area contributed by atoms with Crippen molar-refractivity contribution >= 4 is 16.9 Å². The van der Waals surface area contributed by atoms with Gasteiger partial charge >= 0.3 is 0 Å². The zero-order chi connectivity index (χ0) is 16.8. The van der Waals surface area contributed by atoms with Gasteiger partial charge in [-0.15, -0.1) is 0 Å². The second-order valence-electron chi connectivity index (χ2n) is 6.07. The SMILES string of the molecule is COc1ccc(CN(CC2CCCO2)C2=NCCCS2)cc1OC. The van der Waals surface area contributed by atoms with Gasteiger partial charge in [-0.05, 0) is 37.0 Å². The molecule has 0 amide bonds. The molecule has 2 aliphatic rings. The molecular formula is C18H26N2O3S. The van der Waals surface area contributed by atoms with Crippen molar-refractivity contribution in [3.05, 3.63) is 23.8 Å². The number of hydrogen-bond donors (Lipinski definition) is 0. The number of methoxy groups -OCH3 is 2. The number of amidine groups is 1. The van der Waals surface area contributed by atoms with E-state index in [-0.39, 0.29) is 0 Å². The molecule has 0 radical (unpaired) electrons. The van der Waals surface area contributed by atoms with E-state index in [1.54, 1.807) is 14.2 Å². The predicted octanol–water partition coefficient (Wildman–Crippen LogP) is 3.18. The van der Waals surface area contributed by atoms with Crippen LogP contribution in [0.4, 0.5) is 0 Å². The molecule has 132 valence electrons. The minimum Gasteiger partial charge on any atom is -0.493 e. The van der Waals surface area contributed by atoms with Gasteiger partial charge in [0.05, 0.1) is 20.3 Å². The molecule has 5 nitrogen and oxygen atoms in total. The number of aliphatic imine (C=N–C) groups is 1. The van der Waals surface area contributed by atoms with Crippen LogP contribution in [-0.2, 0) is 11.3 Å². The van der Waals surface area contributed by atoms with Crippen molar-refractivity contribution in [2.24, 2.45) is 4.99 Å². The average Bonchev–Trinajstić information content (AvgIpc) is 3.15. The van der Waals surface area contributed by atoms with Crippen molar-refractivity contribution in [1.29, 1.82) is 0 Å². The third-order valence-corrected chi connectivity index (χ3v) is 5.46. The average molecular weight is 350 g/mol. The minimum absolute atomic E-state index is 0.315. The molecular weight excluding hydrogens is 324 g/mol. The highest BCUT2D eigenvalue weighted by atomic mass is 32.2. The van der Waals surface area contributed by atoms with Crippen LogP contribution in [0.2, 0.25) is 0 Å². The first kappa shape index (κ1) is 17.4. The lowest BCUT2D eigenvalue weighted by atomic mass is 10.1. The Morgan fingerprint density at radius 3 is 2.79 bits per heavy atom. The molecule has 6 heteroatoms. The fraction of sp³-hybridized carbons (Fsp3) is 0.611. The number of rotatable bonds is 6. The Bertz CT molecular complexity index is 573. The van der Waals surface area contributed by atoms with Crippen LogP contribution in [0.25, 0.3) is 0 Å². The lowest BCUT2D eigenvalue weighted by molar-refractivity contribution is 0.0906. The van der Waals surface area contributed by atoms with Gasteiger partial charge < -0.3 is 19.1 Å². The maximum atomic E-state index is 5.84. The summed E-state index contributed by atoms with van der Waals surface area (Å²) < 4.78 is 16.6. The van der Waals surface area contributed by atoms with Crippen molar-refractivity contribution in [3.8, 4) is 11.5 Å². The van der Waals surface area contributed by atoms with Gasteiger partial charge in [-0.25, -0.2) is 0 Å². The first-order valence-electron chi connectivity index (χ1n) is 8.55. The molecule has 1 atom stereocenters. The topological polar surface area (TPSA) is 43.3 Å². The minimum atomic E-state index is 0.315. The van der Waals surface area contributed by atoms with Gasteiger partial charge in [0, 0.05) is 32.0 Å². The first-order chi connectivity index (χ1) is 11.8.